The Kier molecular flexibility index (Phi) is 4.51. The van der Waals surface area contributed by atoms with Gasteiger partial charge >= 0.3 is 0 Å². The Morgan fingerprint density at radius 2 is 2.00 bits per heavy atom. The SMILES string of the molecule is CCN(C)S(=O)(=O)N[C@@H]1CCCC[C@@H]1O. The molecule has 0 spiro atoms. The maximum absolute atomic E-state index is 11.7. The fourth-order valence-corrected chi connectivity index (χ4v) is 2.88. The van der Waals surface area contributed by atoms with Gasteiger partial charge in [0, 0.05) is 19.6 Å². The van der Waals surface area contributed by atoms with Crippen LogP contribution in [0.15, 0.2) is 0 Å². The minimum absolute atomic E-state index is 0.322. The van der Waals surface area contributed by atoms with Crippen LogP contribution in [0.25, 0.3) is 0 Å². The Morgan fingerprint density at radius 3 is 2.53 bits per heavy atom. The van der Waals surface area contributed by atoms with E-state index in [1.807, 2.05) is 0 Å². The fraction of sp³-hybridized carbons (Fsp3) is 1.00. The smallest absolute Gasteiger partial charge is 0.279 e. The summed E-state index contributed by atoms with van der Waals surface area (Å²) >= 11 is 0. The zero-order chi connectivity index (χ0) is 11.5. The molecule has 1 aliphatic rings. The predicted molar refractivity (Wildman–Crippen MR) is 58.6 cm³/mol. The third-order valence-electron chi connectivity index (χ3n) is 2.89. The average molecular weight is 236 g/mol. The summed E-state index contributed by atoms with van der Waals surface area (Å²) in [4.78, 5) is 0. The van der Waals surface area contributed by atoms with Gasteiger partial charge in [-0.3, -0.25) is 0 Å². The Bertz CT molecular complexity index is 292. The van der Waals surface area contributed by atoms with Crippen molar-refractivity contribution in [1.82, 2.24) is 9.03 Å². The molecule has 0 aliphatic heterocycles. The molecule has 0 unspecified atom stereocenters. The van der Waals surface area contributed by atoms with Gasteiger partial charge in [-0.1, -0.05) is 19.8 Å². The average Bonchev–Trinajstić information content (AvgIpc) is 2.20. The Balaban J connectivity index is 2.59. The van der Waals surface area contributed by atoms with Crippen LogP contribution in [0.5, 0.6) is 0 Å². The lowest BCUT2D eigenvalue weighted by Crippen LogP contribution is -2.49. The molecule has 1 rings (SSSR count). The highest BCUT2D eigenvalue weighted by atomic mass is 32.2. The summed E-state index contributed by atoms with van der Waals surface area (Å²) in [5.74, 6) is 0. The first-order valence-electron chi connectivity index (χ1n) is 5.39. The second-order valence-electron chi connectivity index (χ2n) is 4.00. The molecule has 0 aromatic heterocycles. The van der Waals surface area contributed by atoms with Crippen LogP contribution >= 0.6 is 0 Å². The van der Waals surface area contributed by atoms with Crippen molar-refractivity contribution >= 4 is 10.2 Å². The number of rotatable bonds is 4. The topological polar surface area (TPSA) is 69.6 Å². The first-order valence-corrected chi connectivity index (χ1v) is 6.83. The van der Waals surface area contributed by atoms with Crippen molar-refractivity contribution in [3.63, 3.8) is 0 Å². The minimum Gasteiger partial charge on any atom is -0.391 e. The Morgan fingerprint density at radius 1 is 1.40 bits per heavy atom. The van der Waals surface area contributed by atoms with Gasteiger partial charge in [0.1, 0.15) is 0 Å². The summed E-state index contributed by atoms with van der Waals surface area (Å²) in [6.07, 6.45) is 2.81. The van der Waals surface area contributed by atoms with Crippen LogP contribution in [0, 0.1) is 0 Å². The molecule has 0 saturated heterocycles. The molecule has 0 heterocycles. The van der Waals surface area contributed by atoms with Gasteiger partial charge in [0.25, 0.3) is 10.2 Å². The van der Waals surface area contributed by atoms with E-state index in [2.05, 4.69) is 4.72 Å². The fourth-order valence-electron chi connectivity index (χ4n) is 1.70. The van der Waals surface area contributed by atoms with E-state index in [-0.39, 0.29) is 6.04 Å². The quantitative estimate of drug-likeness (QED) is 0.726. The van der Waals surface area contributed by atoms with Crippen LogP contribution in [0.4, 0.5) is 0 Å². The molecule has 0 bridgehead atoms. The summed E-state index contributed by atoms with van der Waals surface area (Å²) in [5.41, 5.74) is 0. The van der Waals surface area contributed by atoms with E-state index in [1.165, 1.54) is 11.4 Å². The van der Waals surface area contributed by atoms with Crippen molar-refractivity contribution in [3.05, 3.63) is 0 Å². The van der Waals surface area contributed by atoms with Gasteiger partial charge in [-0.2, -0.15) is 17.4 Å². The lowest BCUT2D eigenvalue weighted by Gasteiger charge is -2.29. The van der Waals surface area contributed by atoms with E-state index in [1.54, 1.807) is 6.92 Å². The second kappa shape index (κ2) is 5.25. The number of aliphatic hydroxyl groups is 1. The molecule has 1 fully saturated rings. The second-order valence-corrected chi connectivity index (χ2v) is 5.80. The number of aliphatic hydroxyl groups excluding tert-OH is 1. The highest BCUT2D eigenvalue weighted by molar-refractivity contribution is 7.87. The third kappa shape index (κ3) is 3.41. The van der Waals surface area contributed by atoms with Crippen molar-refractivity contribution in [2.75, 3.05) is 13.6 Å². The van der Waals surface area contributed by atoms with Gasteiger partial charge in [0.15, 0.2) is 0 Å². The predicted octanol–water partition coefficient (Wildman–Crippen LogP) is 0.0760. The molecule has 6 heteroatoms. The molecule has 1 aliphatic carbocycles. The Hall–Kier alpha value is -0.170. The molecule has 0 aromatic rings. The molecule has 0 aromatic carbocycles. The molecular weight excluding hydrogens is 216 g/mol. The van der Waals surface area contributed by atoms with E-state index >= 15 is 0 Å². The van der Waals surface area contributed by atoms with Gasteiger partial charge in [-0.25, -0.2) is 0 Å². The summed E-state index contributed by atoms with van der Waals surface area (Å²) in [6.45, 7) is 2.20. The van der Waals surface area contributed by atoms with Crippen molar-refractivity contribution in [2.45, 2.75) is 44.8 Å². The third-order valence-corrected chi connectivity index (χ3v) is 4.56. The van der Waals surface area contributed by atoms with Gasteiger partial charge in [-0.05, 0) is 12.8 Å². The minimum atomic E-state index is -3.42. The van der Waals surface area contributed by atoms with Gasteiger partial charge < -0.3 is 5.11 Å². The normalized spacial score (nSPS) is 28.3. The molecule has 90 valence electrons. The van der Waals surface area contributed by atoms with E-state index in [4.69, 9.17) is 0 Å². The van der Waals surface area contributed by atoms with Gasteiger partial charge in [0.05, 0.1) is 6.10 Å². The van der Waals surface area contributed by atoms with Crippen molar-refractivity contribution in [1.29, 1.82) is 0 Å². The monoisotopic (exact) mass is 236 g/mol. The summed E-state index contributed by atoms with van der Waals surface area (Å²) in [7, 11) is -1.89. The van der Waals surface area contributed by atoms with Crippen molar-refractivity contribution < 1.29 is 13.5 Å². The van der Waals surface area contributed by atoms with E-state index < -0.39 is 16.3 Å². The van der Waals surface area contributed by atoms with E-state index in [0.29, 0.717) is 13.0 Å². The molecule has 15 heavy (non-hydrogen) atoms. The molecule has 2 atom stereocenters. The molecule has 0 amide bonds. The zero-order valence-corrected chi connectivity index (χ0v) is 10.1. The maximum atomic E-state index is 11.7. The molecule has 0 radical (unpaired) electrons. The van der Waals surface area contributed by atoms with Crippen molar-refractivity contribution in [2.24, 2.45) is 0 Å². The summed E-state index contributed by atoms with van der Waals surface area (Å²) in [6, 6.07) is -0.322. The van der Waals surface area contributed by atoms with Crippen LogP contribution in [-0.2, 0) is 10.2 Å². The van der Waals surface area contributed by atoms with E-state index in [9.17, 15) is 13.5 Å². The summed E-state index contributed by atoms with van der Waals surface area (Å²) < 4.78 is 27.1. The van der Waals surface area contributed by atoms with E-state index in [0.717, 1.165) is 19.3 Å². The van der Waals surface area contributed by atoms with Gasteiger partial charge in [0.2, 0.25) is 0 Å². The van der Waals surface area contributed by atoms with Crippen LogP contribution < -0.4 is 4.72 Å². The molecule has 5 nitrogen and oxygen atoms in total. The number of nitrogens with one attached hydrogen (secondary N) is 1. The molecular formula is C9H20N2O3S. The van der Waals surface area contributed by atoms with Gasteiger partial charge in [-0.15, -0.1) is 0 Å². The maximum Gasteiger partial charge on any atom is 0.279 e. The van der Waals surface area contributed by atoms with Crippen LogP contribution in [-0.4, -0.2) is 43.6 Å². The van der Waals surface area contributed by atoms with Crippen LogP contribution in [0.2, 0.25) is 0 Å². The number of hydrogen-bond donors (Lipinski definition) is 2. The molecule has 2 N–H and O–H groups in total. The Labute approximate surface area is 91.7 Å². The first kappa shape index (κ1) is 12.9. The lowest BCUT2D eigenvalue weighted by molar-refractivity contribution is 0.100. The van der Waals surface area contributed by atoms with Crippen LogP contribution in [0.3, 0.4) is 0 Å². The zero-order valence-electron chi connectivity index (χ0n) is 9.31. The number of hydrogen-bond acceptors (Lipinski definition) is 3. The standard InChI is InChI=1S/C9H20N2O3S/c1-3-11(2)15(13,14)10-8-6-4-5-7-9(8)12/h8-10,12H,3-7H2,1-2H3/t8-,9+/m1/s1. The lowest BCUT2D eigenvalue weighted by atomic mass is 9.93. The summed E-state index contributed by atoms with van der Waals surface area (Å²) in [5, 5.41) is 9.64. The molecule has 1 saturated carbocycles. The highest BCUT2D eigenvalue weighted by Gasteiger charge is 2.28. The van der Waals surface area contributed by atoms with Crippen molar-refractivity contribution in [3.8, 4) is 0 Å². The van der Waals surface area contributed by atoms with Crippen LogP contribution in [0.1, 0.15) is 32.6 Å². The first-order chi connectivity index (χ1) is 6.97. The highest BCUT2D eigenvalue weighted by Crippen LogP contribution is 2.19. The largest absolute Gasteiger partial charge is 0.391 e. The number of nitrogens with zero attached hydrogens (tertiary/aromatic N) is 1.